The van der Waals surface area contributed by atoms with Crippen LogP contribution < -0.4 is 10.5 Å². The quantitative estimate of drug-likeness (QED) is 0.882. The number of carbonyl (C=O) groups excluding carboxylic acids is 1. The number of amides is 1. The van der Waals surface area contributed by atoms with Gasteiger partial charge in [0.25, 0.3) is 0 Å². The van der Waals surface area contributed by atoms with Crippen LogP contribution in [0.1, 0.15) is 42.2 Å². The van der Waals surface area contributed by atoms with Gasteiger partial charge in [-0.3, -0.25) is 0 Å². The van der Waals surface area contributed by atoms with Crippen molar-refractivity contribution >= 4 is 6.09 Å². The van der Waals surface area contributed by atoms with Gasteiger partial charge in [-0.25, -0.2) is 4.79 Å². The minimum absolute atomic E-state index is 0.165. The Balaban J connectivity index is 2.02. The number of hydrogen-bond acceptors (Lipinski definition) is 3. The molecule has 4 nitrogen and oxygen atoms in total. The van der Waals surface area contributed by atoms with Gasteiger partial charge in [-0.15, -0.1) is 0 Å². The molecule has 0 spiro atoms. The molecule has 1 amide bonds. The summed E-state index contributed by atoms with van der Waals surface area (Å²) in [4.78, 5) is 11.3. The Morgan fingerprint density at radius 2 is 1.76 bits per heavy atom. The number of rotatable bonds is 3. The van der Waals surface area contributed by atoms with E-state index in [1.165, 1.54) is 5.56 Å². The highest BCUT2D eigenvalue weighted by Gasteiger charge is 2.41. The molecule has 1 aliphatic rings. The van der Waals surface area contributed by atoms with Crippen LogP contribution in [-0.4, -0.2) is 13.2 Å². The van der Waals surface area contributed by atoms with Crippen molar-refractivity contribution in [3.63, 3.8) is 0 Å². The van der Waals surface area contributed by atoms with Crippen LogP contribution in [0.2, 0.25) is 0 Å². The van der Waals surface area contributed by atoms with E-state index in [0.717, 1.165) is 40.0 Å². The first kappa shape index (κ1) is 17.3. The van der Waals surface area contributed by atoms with Gasteiger partial charge in [-0.1, -0.05) is 32.0 Å². The summed E-state index contributed by atoms with van der Waals surface area (Å²) in [6.07, 6.45) is -0.174. The van der Waals surface area contributed by atoms with E-state index in [-0.39, 0.29) is 11.5 Å². The average Bonchev–Trinajstić information content (AvgIpc) is 2.76. The topological polar surface area (TPSA) is 61.6 Å². The van der Waals surface area contributed by atoms with E-state index >= 15 is 0 Å². The monoisotopic (exact) mass is 339 g/mol. The number of nitrogens with two attached hydrogens (primary N) is 1. The second kappa shape index (κ2) is 6.10. The number of benzene rings is 2. The van der Waals surface area contributed by atoms with Gasteiger partial charge in [0.15, 0.2) is 0 Å². The van der Waals surface area contributed by atoms with Gasteiger partial charge in [0.1, 0.15) is 11.9 Å². The average molecular weight is 339 g/mol. The fourth-order valence-corrected chi connectivity index (χ4v) is 3.98. The van der Waals surface area contributed by atoms with Gasteiger partial charge in [0.2, 0.25) is 0 Å². The molecule has 2 aromatic carbocycles. The number of aryl methyl sites for hydroxylation is 2. The van der Waals surface area contributed by atoms with E-state index in [0.29, 0.717) is 0 Å². The van der Waals surface area contributed by atoms with Crippen LogP contribution in [0.4, 0.5) is 4.79 Å². The van der Waals surface area contributed by atoms with Crippen molar-refractivity contribution in [1.29, 1.82) is 0 Å². The normalized spacial score (nSPS) is 17.9. The standard InChI is InChI=1S/C21H25NO3/c1-12-8-15(9-13(2)18(12)24-5)14-6-7-17-16(10-14)11-21(3,4)19(17)25-20(22)23/h6-10,19H,11H2,1-5H3,(H2,22,23). The zero-order valence-corrected chi connectivity index (χ0v) is 15.5. The minimum atomic E-state index is -0.726. The Bertz CT molecular complexity index is 816. The first-order valence-electron chi connectivity index (χ1n) is 8.47. The Hall–Kier alpha value is -2.49. The van der Waals surface area contributed by atoms with Crippen molar-refractivity contribution in [2.24, 2.45) is 11.1 Å². The van der Waals surface area contributed by atoms with Gasteiger partial charge >= 0.3 is 6.09 Å². The summed E-state index contributed by atoms with van der Waals surface area (Å²) in [6.45, 7) is 8.31. The fraction of sp³-hybridized carbons (Fsp3) is 0.381. The lowest BCUT2D eigenvalue weighted by atomic mass is 9.87. The molecule has 0 heterocycles. The van der Waals surface area contributed by atoms with Crippen molar-refractivity contribution in [1.82, 2.24) is 0 Å². The molecule has 0 saturated carbocycles. The summed E-state index contributed by atoms with van der Waals surface area (Å²) in [6, 6.07) is 10.6. The Kier molecular flexibility index (Phi) is 4.23. The first-order valence-corrected chi connectivity index (χ1v) is 8.47. The lowest BCUT2D eigenvalue weighted by molar-refractivity contribution is 0.0392. The van der Waals surface area contributed by atoms with Crippen molar-refractivity contribution in [2.45, 2.75) is 40.2 Å². The Morgan fingerprint density at radius 3 is 2.32 bits per heavy atom. The van der Waals surface area contributed by atoms with Crippen LogP contribution in [0.25, 0.3) is 11.1 Å². The summed E-state index contributed by atoms with van der Waals surface area (Å²) in [5.41, 5.74) is 11.9. The molecular formula is C21H25NO3. The van der Waals surface area contributed by atoms with E-state index in [1.54, 1.807) is 7.11 Å². The van der Waals surface area contributed by atoms with Crippen molar-refractivity contribution in [3.8, 4) is 16.9 Å². The number of ether oxygens (including phenoxy) is 2. The highest BCUT2D eigenvalue weighted by molar-refractivity contribution is 5.70. The van der Waals surface area contributed by atoms with Gasteiger partial charge in [-0.05, 0) is 65.8 Å². The molecule has 1 aliphatic carbocycles. The van der Waals surface area contributed by atoms with Crippen LogP contribution in [-0.2, 0) is 11.2 Å². The third-order valence-electron chi connectivity index (χ3n) is 5.01. The van der Waals surface area contributed by atoms with E-state index in [1.807, 2.05) is 0 Å². The predicted molar refractivity (Wildman–Crippen MR) is 98.8 cm³/mol. The maximum Gasteiger partial charge on any atom is 0.405 e. The molecule has 0 aliphatic heterocycles. The van der Waals surface area contributed by atoms with Gasteiger partial charge < -0.3 is 15.2 Å². The number of methoxy groups -OCH3 is 1. The number of fused-ring (bicyclic) bond motifs is 1. The molecule has 2 aromatic rings. The molecule has 25 heavy (non-hydrogen) atoms. The lowest BCUT2D eigenvalue weighted by Crippen LogP contribution is -2.25. The summed E-state index contributed by atoms with van der Waals surface area (Å²) in [5.74, 6) is 0.931. The Labute approximate surface area is 148 Å². The molecule has 0 saturated heterocycles. The van der Waals surface area contributed by atoms with Crippen LogP contribution >= 0.6 is 0 Å². The largest absolute Gasteiger partial charge is 0.496 e. The van der Waals surface area contributed by atoms with Gasteiger partial charge in [0, 0.05) is 5.41 Å². The second-order valence-electron chi connectivity index (χ2n) is 7.54. The summed E-state index contributed by atoms with van der Waals surface area (Å²) >= 11 is 0. The molecule has 0 fully saturated rings. The minimum Gasteiger partial charge on any atom is -0.496 e. The summed E-state index contributed by atoms with van der Waals surface area (Å²) < 4.78 is 10.8. The number of hydrogen-bond donors (Lipinski definition) is 1. The fourth-order valence-electron chi connectivity index (χ4n) is 3.98. The van der Waals surface area contributed by atoms with E-state index in [4.69, 9.17) is 15.2 Å². The zero-order valence-electron chi connectivity index (χ0n) is 15.5. The van der Waals surface area contributed by atoms with E-state index < -0.39 is 6.09 Å². The van der Waals surface area contributed by atoms with Crippen LogP contribution in [0.5, 0.6) is 5.75 Å². The van der Waals surface area contributed by atoms with Gasteiger partial charge in [-0.2, -0.15) is 0 Å². The Morgan fingerprint density at radius 1 is 1.12 bits per heavy atom. The van der Waals surface area contributed by atoms with Crippen LogP contribution in [0.15, 0.2) is 30.3 Å². The first-order chi connectivity index (χ1) is 11.7. The van der Waals surface area contributed by atoms with Crippen molar-refractivity contribution in [2.75, 3.05) is 7.11 Å². The summed E-state index contributed by atoms with van der Waals surface area (Å²) in [7, 11) is 1.70. The summed E-state index contributed by atoms with van der Waals surface area (Å²) in [5, 5.41) is 0. The molecule has 4 heteroatoms. The number of primary amides is 1. The van der Waals surface area contributed by atoms with Crippen LogP contribution in [0, 0.1) is 19.3 Å². The lowest BCUT2D eigenvalue weighted by Gasteiger charge is -2.26. The maximum atomic E-state index is 11.3. The molecule has 2 N–H and O–H groups in total. The molecule has 0 radical (unpaired) electrons. The highest BCUT2D eigenvalue weighted by atomic mass is 16.6. The predicted octanol–water partition coefficient (Wildman–Crippen LogP) is 4.70. The molecule has 1 unspecified atom stereocenters. The third-order valence-corrected chi connectivity index (χ3v) is 5.01. The highest BCUT2D eigenvalue weighted by Crippen LogP contribution is 2.48. The maximum absolute atomic E-state index is 11.3. The molecule has 1 atom stereocenters. The van der Waals surface area contributed by atoms with Crippen LogP contribution in [0.3, 0.4) is 0 Å². The molecule has 0 bridgehead atoms. The second-order valence-corrected chi connectivity index (χ2v) is 7.54. The smallest absolute Gasteiger partial charge is 0.405 e. The third kappa shape index (κ3) is 3.09. The van der Waals surface area contributed by atoms with Crippen molar-refractivity contribution in [3.05, 3.63) is 52.6 Å². The van der Waals surface area contributed by atoms with Crippen molar-refractivity contribution < 1.29 is 14.3 Å². The van der Waals surface area contributed by atoms with Gasteiger partial charge in [0.05, 0.1) is 7.11 Å². The molecule has 3 rings (SSSR count). The molecule has 132 valence electrons. The van der Waals surface area contributed by atoms with E-state index in [9.17, 15) is 4.79 Å². The molecular weight excluding hydrogens is 314 g/mol. The number of carbonyl (C=O) groups is 1. The SMILES string of the molecule is COc1c(C)cc(-c2ccc3c(c2)CC(C)(C)C3OC(N)=O)cc1C. The molecule has 0 aromatic heterocycles. The zero-order chi connectivity index (χ0) is 18.4. The van der Waals surface area contributed by atoms with E-state index in [2.05, 4.69) is 58.0 Å².